The molecule has 0 bridgehead atoms. The smallest absolute Gasteiger partial charge is 0.289 e. The van der Waals surface area contributed by atoms with Crippen LogP contribution in [-0.2, 0) is 11.2 Å². The van der Waals surface area contributed by atoms with E-state index in [2.05, 4.69) is 5.32 Å². The van der Waals surface area contributed by atoms with Crippen LogP contribution in [0.1, 0.15) is 28.6 Å². The normalized spacial score (nSPS) is 14.4. The first-order valence-corrected chi connectivity index (χ1v) is 9.62. The molecule has 0 spiro atoms. The van der Waals surface area contributed by atoms with Gasteiger partial charge in [-0.05, 0) is 36.6 Å². The highest BCUT2D eigenvalue weighted by Gasteiger charge is 2.23. The minimum Gasteiger partial charge on any atom is -0.459 e. The molecule has 0 unspecified atom stereocenters. The third kappa shape index (κ3) is 4.66. The topological polar surface area (TPSA) is 89.6 Å². The summed E-state index contributed by atoms with van der Waals surface area (Å²) in [6, 6.07) is 11.2. The monoisotopic (exact) mass is 392 g/mol. The third-order valence-electron chi connectivity index (χ3n) is 4.99. The fourth-order valence-corrected chi connectivity index (χ4v) is 3.31. The highest BCUT2D eigenvalue weighted by atomic mass is 16.3. The molecule has 29 heavy (non-hydrogen) atoms. The van der Waals surface area contributed by atoms with Gasteiger partial charge in [-0.3, -0.25) is 9.59 Å². The summed E-state index contributed by atoms with van der Waals surface area (Å²) in [4.78, 5) is 28.6. The first kappa shape index (κ1) is 20.2. The first-order chi connectivity index (χ1) is 14.0. The van der Waals surface area contributed by atoms with Crippen molar-refractivity contribution in [2.45, 2.75) is 20.3 Å². The predicted octanol–water partition coefficient (Wildman–Crippen LogP) is 2.95. The van der Waals surface area contributed by atoms with Crippen molar-refractivity contribution in [3.05, 3.63) is 65.3 Å². The van der Waals surface area contributed by atoms with Crippen LogP contribution >= 0.6 is 0 Å². The van der Waals surface area contributed by atoms with E-state index in [1.54, 1.807) is 23.2 Å². The van der Waals surface area contributed by atoms with Crippen molar-refractivity contribution in [2.75, 3.05) is 31.5 Å². The largest absolute Gasteiger partial charge is 0.459 e. The summed E-state index contributed by atoms with van der Waals surface area (Å²) in [5.41, 5.74) is 2.79. The lowest BCUT2D eigenvalue weighted by Crippen LogP contribution is -2.47. The van der Waals surface area contributed by atoms with Crippen LogP contribution in [0.4, 0.5) is 5.69 Å². The number of hydrogen-bond acceptors (Lipinski definition) is 5. The highest BCUT2D eigenvalue weighted by Crippen LogP contribution is 2.22. The maximum atomic E-state index is 12.7. The van der Waals surface area contributed by atoms with Crippen molar-refractivity contribution in [3.8, 4) is 6.07 Å². The van der Waals surface area contributed by atoms with Gasteiger partial charge >= 0.3 is 0 Å². The van der Waals surface area contributed by atoms with Crippen LogP contribution < -0.4 is 5.32 Å². The standard InChI is InChI=1S/C22H24N4O3/c1-3-17-7-4-6-16(2)20(17)24-21(27)18(14-23)15-25-9-11-26(12-10-25)22(28)19-8-5-13-29-19/h4-8,13,15H,3,9-12H2,1-2H3,(H,24,27)/b18-15-. The van der Waals surface area contributed by atoms with Gasteiger partial charge in [0.25, 0.3) is 11.8 Å². The predicted molar refractivity (Wildman–Crippen MR) is 109 cm³/mol. The van der Waals surface area contributed by atoms with E-state index in [1.165, 1.54) is 6.26 Å². The lowest BCUT2D eigenvalue weighted by atomic mass is 10.1. The Morgan fingerprint density at radius 2 is 1.97 bits per heavy atom. The molecule has 1 fully saturated rings. The number of nitriles is 1. The molecule has 1 aliphatic heterocycles. The molecule has 2 aromatic rings. The molecular weight excluding hydrogens is 368 g/mol. The number of aryl methyl sites for hydroxylation is 2. The van der Waals surface area contributed by atoms with Gasteiger partial charge in [0.05, 0.1) is 6.26 Å². The Hall–Kier alpha value is -3.53. The summed E-state index contributed by atoms with van der Waals surface area (Å²) in [5.74, 6) is -0.259. The summed E-state index contributed by atoms with van der Waals surface area (Å²) in [5, 5.41) is 12.4. The molecule has 1 aliphatic rings. The average molecular weight is 392 g/mol. The van der Waals surface area contributed by atoms with E-state index in [0.717, 1.165) is 23.2 Å². The molecule has 150 valence electrons. The second-order valence-corrected chi connectivity index (χ2v) is 6.88. The second kappa shape index (κ2) is 9.11. The van der Waals surface area contributed by atoms with Crippen molar-refractivity contribution in [1.82, 2.24) is 9.80 Å². The zero-order valence-corrected chi connectivity index (χ0v) is 16.6. The Morgan fingerprint density at radius 1 is 1.21 bits per heavy atom. The molecule has 2 amide bonds. The van der Waals surface area contributed by atoms with E-state index in [4.69, 9.17) is 4.42 Å². The number of furan rings is 1. The van der Waals surface area contributed by atoms with Crippen LogP contribution in [0.15, 0.2) is 52.8 Å². The molecule has 7 heteroatoms. The fraction of sp³-hybridized carbons (Fsp3) is 0.318. The van der Waals surface area contributed by atoms with Gasteiger partial charge in [0.1, 0.15) is 11.6 Å². The second-order valence-electron chi connectivity index (χ2n) is 6.88. The highest BCUT2D eigenvalue weighted by molar-refractivity contribution is 6.07. The van der Waals surface area contributed by atoms with Crippen molar-refractivity contribution >= 4 is 17.5 Å². The number of rotatable bonds is 5. The zero-order valence-electron chi connectivity index (χ0n) is 16.6. The first-order valence-electron chi connectivity index (χ1n) is 9.62. The Kier molecular flexibility index (Phi) is 6.35. The van der Waals surface area contributed by atoms with E-state index in [0.29, 0.717) is 31.9 Å². The molecular formula is C22H24N4O3. The molecule has 1 aromatic carbocycles. The van der Waals surface area contributed by atoms with Crippen LogP contribution in [0.5, 0.6) is 0 Å². The van der Waals surface area contributed by atoms with E-state index in [-0.39, 0.29) is 11.5 Å². The molecule has 0 atom stereocenters. The number of nitrogens with one attached hydrogen (secondary N) is 1. The SMILES string of the molecule is CCc1cccc(C)c1NC(=O)/C(C#N)=C\N1CCN(C(=O)c2ccco2)CC1. The number of anilines is 1. The van der Waals surface area contributed by atoms with Gasteiger partial charge in [-0.15, -0.1) is 0 Å². The maximum absolute atomic E-state index is 12.7. The minimum absolute atomic E-state index is 0.0427. The van der Waals surface area contributed by atoms with Crippen LogP contribution in [-0.4, -0.2) is 47.8 Å². The molecule has 3 rings (SSSR count). The number of benzene rings is 1. The number of amides is 2. The molecule has 0 aliphatic carbocycles. The maximum Gasteiger partial charge on any atom is 0.289 e. The van der Waals surface area contributed by atoms with Crippen molar-refractivity contribution in [2.24, 2.45) is 0 Å². The molecule has 0 radical (unpaired) electrons. The number of hydrogen-bond donors (Lipinski definition) is 1. The summed E-state index contributed by atoms with van der Waals surface area (Å²) in [6.45, 7) is 6.02. The van der Waals surface area contributed by atoms with Crippen LogP contribution in [0.25, 0.3) is 0 Å². The van der Waals surface area contributed by atoms with Gasteiger partial charge in [-0.2, -0.15) is 5.26 Å². The molecule has 1 aromatic heterocycles. The van der Waals surface area contributed by atoms with Crippen molar-refractivity contribution in [3.63, 3.8) is 0 Å². The Morgan fingerprint density at radius 3 is 2.59 bits per heavy atom. The van der Waals surface area contributed by atoms with Gasteiger partial charge in [0, 0.05) is 38.1 Å². The lowest BCUT2D eigenvalue weighted by molar-refractivity contribution is -0.112. The quantitative estimate of drug-likeness (QED) is 0.624. The number of carbonyl (C=O) groups is 2. The number of piperazine rings is 1. The van der Waals surface area contributed by atoms with Gasteiger partial charge in [-0.25, -0.2) is 0 Å². The minimum atomic E-state index is -0.425. The summed E-state index contributed by atoms with van der Waals surface area (Å²) in [7, 11) is 0. The number of nitrogens with zero attached hydrogens (tertiary/aromatic N) is 3. The van der Waals surface area contributed by atoms with Gasteiger partial charge in [0.15, 0.2) is 5.76 Å². The Labute approximate surface area is 170 Å². The molecule has 2 heterocycles. The average Bonchev–Trinajstić information content (AvgIpc) is 3.28. The fourth-order valence-electron chi connectivity index (χ4n) is 3.31. The third-order valence-corrected chi connectivity index (χ3v) is 4.99. The Bertz CT molecular complexity index is 949. The van der Waals surface area contributed by atoms with Gasteiger partial charge in [0.2, 0.25) is 0 Å². The van der Waals surface area contributed by atoms with E-state index < -0.39 is 5.91 Å². The van der Waals surface area contributed by atoms with E-state index >= 15 is 0 Å². The van der Waals surface area contributed by atoms with E-state index in [1.807, 2.05) is 43.0 Å². The van der Waals surface area contributed by atoms with Crippen LogP contribution in [0, 0.1) is 18.3 Å². The summed E-state index contributed by atoms with van der Waals surface area (Å²) < 4.78 is 5.16. The van der Waals surface area contributed by atoms with Crippen molar-refractivity contribution < 1.29 is 14.0 Å². The van der Waals surface area contributed by atoms with Gasteiger partial charge in [-0.1, -0.05) is 25.1 Å². The van der Waals surface area contributed by atoms with E-state index in [9.17, 15) is 14.9 Å². The van der Waals surface area contributed by atoms with Crippen LogP contribution in [0.3, 0.4) is 0 Å². The lowest BCUT2D eigenvalue weighted by Gasteiger charge is -2.33. The summed E-state index contributed by atoms with van der Waals surface area (Å²) >= 11 is 0. The molecule has 1 saturated heterocycles. The molecule has 7 nitrogen and oxygen atoms in total. The summed E-state index contributed by atoms with van der Waals surface area (Å²) in [6.07, 6.45) is 3.84. The number of para-hydroxylation sites is 1. The molecule has 1 N–H and O–H groups in total. The number of carbonyl (C=O) groups excluding carboxylic acids is 2. The van der Waals surface area contributed by atoms with Gasteiger partial charge < -0.3 is 19.5 Å². The zero-order chi connectivity index (χ0) is 20.8. The molecule has 0 saturated carbocycles. The van der Waals surface area contributed by atoms with Crippen LogP contribution in [0.2, 0.25) is 0 Å². The van der Waals surface area contributed by atoms with Crippen molar-refractivity contribution in [1.29, 1.82) is 5.26 Å². The Balaban J connectivity index is 1.64.